The first-order chi connectivity index (χ1) is 17.0. The molecule has 3 atom stereocenters. The average molecular weight is 493 g/mol. The molecule has 0 aromatic heterocycles. The van der Waals surface area contributed by atoms with Crippen LogP contribution < -0.4 is 0 Å². The van der Waals surface area contributed by atoms with Gasteiger partial charge in [0.25, 0.3) is 0 Å². The number of ether oxygens (including phenoxy) is 5. The molecule has 2 fully saturated rings. The number of rotatable bonds is 8. The van der Waals surface area contributed by atoms with Crippen LogP contribution in [0.2, 0.25) is 0 Å². The zero-order chi connectivity index (χ0) is 25.9. The molecule has 2 saturated heterocycles. The SMILES string of the molecule is C=C(C(=O)c1ccc(C=CC(=O)OC[C@H]2OC(C)(C)O[C@@H]2[C@@H]2COC(C)(C)O2)cc1)c1ccccc1. The zero-order valence-corrected chi connectivity index (χ0v) is 21.1. The number of Topliss-reactive ketones (excluding diaryl/α,β-unsaturated/α-hetero) is 1. The number of allylic oxidation sites excluding steroid dienone is 1. The van der Waals surface area contributed by atoms with Gasteiger partial charge in [-0.25, -0.2) is 4.79 Å². The van der Waals surface area contributed by atoms with E-state index in [4.69, 9.17) is 23.7 Å². The van der Waals surface area contributed by atoms with Gasteiger partial charge in [-0.1, -0.05) is 61.2 Å². The molecule has 0 amide bonds. The highest BCUT2D eigenvalue weighted by Gasteiger charge is 2.50. The minimum absolute atomic E-state index is 0.0204. The summed E-state index contributed by atoms with van der Waals surface area (Å²) in [5, 5.41) is 0. The second-order valence-electron chi connectivity index (χ2n) is 9.76. The molecule has 0 spiro atoms. The predicted octanol–water partition coefficient (Wildman–Crippen LogP) is 4.81. The molecule has 0 saturated carbocycles. The van der Waals surface area contributed by atoms with Gasteiger partial charge in [-0.05, 0) is 44.9 Å². The molecule has 7 nitrogen and oxygen atoms in total. The van der Waals surface area contributed by atoms with Crippen molar-refractivity contribution in [3.63, 3.8) is 0 Å². The molecule has 190 valence electrons. The highest BCUT2D eigenvalue weighted by Crippen LogP contribution is 2.35. The van der Waals surface area contributed by atoms with Gasteiger partial charge >= 0.3 is 5.97 Å². The van der Waals surface area contributed by atoms with Crippen LogP contribution in [-0.4, -0.2) is 54.9 Å². The third kappa shape index (κ3) is 6.36. The van der Waals surface area contributed by atoms with Crippen LogP contribution in [-0.2, 0) is 28.5 Å². The van der Waals surface area contributed by atoms with Crippen LogP contribution >= 0.6 is 0 Å². The first-order valence-corrected chi connectivity index (χ1v) is 11.9. The molecule has 36 heavy (non-hydrogen) atoms. The monoisotopic (exact) mass is 492 g/mol. The molecule has 0 aliphatic carbocycles. The van der Waals surface area contributed by atoms with Gasteiger partial charge in [0, 0.05) is 17.2 Å². The Bertz CT molecular complexity index is 1130. The lowest BCUT2D eigenvalue weighted by Crippen LogP contribution is -2.40. The molecule has 0 bridgehead atoms. The van der Waals surface area contributed by atoms with Gasteiger partial charge in [0.15, 0.2) is 17.4 Å². The molecule has 0 N–H and O–H groups in total. The minimum Gasteiger partial charge on any atom is -0.460 e. The maximum absolute atomic E-state index is 12.7. The highest BCUT2D eigenvalue weighted by molar-refractivity contribution is 6.28. The fraction of sp³-hybridized carbons (Fsp3) is 0.379. The Morgan fingerprint density at radius 3 is 2.28 bits per heavy atom. The summed E-state index contributed by atoms with van der Waals surface area (Å²) >= 11 is 0. The smallest absolute Gasteiger partial charge is 0.330 e. The lowest BCUT2D eigenvalue weighted by molar-refractivity contribution is -0.175. The number of hydrogen-bond donors (Lipinski definition) is 0. The van der Waals surface area contributed by atoms with Gasteiger partial charge in [-0.3, -0.25) is 4.79 Å². The maximum Gasteiger partial charge on any atom is 0.330 e. The summed E-state index contributed by atoms with van der Waals surface area (Å²) in [5.74, 6) is -2.17. The predicted molar refractivity (Wildman–Crippen MR) is 135 cm³/mol. The second-order valence-corrected chi connectivity index (χ2v) is 9.76. The standard InChI is InChI=1S/C29H32O7/c1-19(21-9-7-6-8-10-21)26(31)22-14-11-20(12-15-22)13-16-25(30)32-17-23-27(36-29(4,5)35-23)24-18-33-28(2,3)34-24/h6-16,23-24,27H,1,17-18H2,2-5H3/t23-,24+,27+/m1/s1. The third-order valence-corrected chi connectivity index (χ3v) is 5.99. The molecule has 2 aliphatic rings. The molecule has 4 rings (SSSR count). The van der Waals surface area contributed by atoms with Gasteiger partial charge in [0.1, 0.15) is 24.9 Å². The van der Waals surface area contributed by atoms with Crippen molar-refractivity contribution in [2.45, 2.75) is 57.6 Å². The molecule has 7 heteroatoms. The number of carbonyl (C=O) groups is 2. The van der Waals surface area contributed by atoms with E-state index < -0.39 is 29.8 Å². The van der Waals surface area contributed by atoms with Gasteiger partial charge in [0.05, 0.1) is 6.61 Å². The van der Waals surface area contributed by atoms with E-state index >= 15 is 0 Å². The molecule has 0 unspecified atom stereocenters. The highest BCUT2D eigenvalue weighted by atomic mass is 16.8. The van der Waals surface area contributed by atoms with Crippen molar-refractivity contribution in [1.82, 2.24) is 0 Å². The van der Waals surface area contributed by atoms with E-state index in [1.54, 1.807) is 30.3 Å². The van der Waals surface area contributed by atoms with E-state index in [-0.39, 0.29) is 18.5 Å². The van der Waals surface area contributed by atoms with Gasteiger partial charge in [-0.2, -0.15) is 0 Å². The van der Waals surface area contributed by atoms with Crippen molar-refractivity contribution < 1.29 is 33.3 Å². The Balaban J connectivity index is 1.31. The maximum atomic E-state index is 12.7. The number of ketones is 1. The summed E-state index contributed by atoms with van der Waals surface area (Å²) in [7, 11) is 0. The van der Waals surface area contributed by atoms with Crippen molar-refractivity contribution in [3.05, 3.63) is 83.9 Å². The Labute approximate surface area is 211 Å². The quantitative estimate of drug-likeness (QED) is 0.297. The summed E-state index contributed by atoms with van der Waals surface area (Å²) in [6.07, 6.45) is 1.75. The molecule has 2 heterocycles. The normalized spacial score (nSPS) is 24.6. The molecular formula is C29H32O7. The van der Waals surface area contributed by atoms with Crippen molar-refractivity contribution in [2.24, 2.45) is 0 Å². The third-order valence-electron chi connectivity index (χ3n) is 5.99. The number of carbonyl (C=O) groups excluding carboxylic acids is 2. The van der Waals surface area contributed by atoms with Crippen molar-refractivity contribution in [1.29, 1.82) is 0 Å². The van der Waals surface area contributed by atoms with E-state index in [2.05, 4.69) is 6.58 Å². The van der Waals surface area contributed by atoms with E-state index in [1.165, 1.54) is 6.08 Å². The Morgan fingerprint density at radius 2 is 1.64 bits per heavy atom. The van der Waals surface area contributed by atoms with Crippen molar-refractivity contribution in [2.75, 3.05) is 13.2 Å². The Morgan fingerprint density at radius 1 is 0.944 bits per heavy atom. The molecule has 2 aromatic carbocycles. The Kier molecular flexibility index (Phi) is 7.57. The molecular weight excluding hydrogens is 460 g/mol. The van der Waals surface area contributed by atoms with Crippen LogP contribution in [0.3, 0.4) is 0 Å². The molecule has 2 aromatic rings. The zero-order valence-electron chi connectivity index (χ0n) is 21.1. The fourth-order valence-corrected chi connectivity index (χ4v) is 4.25. The molecule has 2 aliphatic heterocycles. The largest absolute Gasteiger partial charge is 0.460 e. The topological polar surface area (TPSA) is 80.3 Å². The summed E-state index contributed by atoms with van der Waals surface area (Å²) in [4.78, 5) is 25.1. The van der Waals surface area contributed by atoms with Crippen LogP contribution in [0.1, 0.15) is 49.2 Å². The van der Waals surface area contributed by atoms with Crippen LogP contribution in [0.25, 0.3) is 11.6 Å². The lowest BCUT2D eigenvalue weighted by Gasteiger charge is -2.23. The minimum atomic E-state index is -0.821. The fourth-order valence-electron chi connectivity index (χ4n) is 4.25. The summed E-state index contributed by atoms with van der Waals surface area (Å²) in [6, 6.07) is 16.3. The van der Waals surface area contributed by atoms with E-state index in [0.717, 1.165) is 11.1 Å². The first-order valence-electron chi connectivity index (χ1n) is 11.9. The van der Waals surface area contributed by atoms with Crippen LogP contribution in [0, 0.1) is 0 Å². The lowest BCUT2D eigenvalue weighted by atomic mass is 9.97. The summed E-state index contributed by atoms with van der Waals surface area (Å²) < 4.78 is 29.0. The number of hydrogen-bond acceptors (Lipinski definition) is 7. The van der Waals surface area contributed by atoms with Gasteiger partial charge in [-0.15, -0.1) is 0 Å². The van der Waals surface area contributed by atoms with E-state index in [9.17, 15) is 9.59 Å². The van der Waals surface area contributed by atoms with Crippen molar-refractivity contribution >= 4 is 23.4 Å². The van der Waals surface area contributed by atoms with Crippen LogP contribution in [0.5, 0.6) is 0 Å². The number of benzene rings is 2. The van der Waals surface area contributed by atoms with Crippen molar-refractivity contribution in [3.8, 4) is 0 Å². The first kappa shape index (κ1) is 26.0. The number of esters is 1. The van der Waals surface area contributed by atoms with Crippen LogP contribution in [0.4, 0.5) is 0 Å². The van der Waals surface area contributed by atoms with Crippen LogP contribution in [0.15, 0.2) is 67.3 Å². The summed E-state index contributed by atoms with van der Waals surface area (Å²) in [5.41, 5.74) is 2.50. The molecule has 0 radical (unpaired) electrons. The second kappa shape index (κ2) is 10.5. The summed E-state index contributed by atoms with van der Waals surface area (Å²) in [6.45, 7) is 11.6. The van der Waals surface area contributed by atoms with E-state index in [0.29, 0.717) is 17.7 Å². The average Bonchev–Trinajstić information content (AvgIpc) is 3.38. The van der Waals surface area contributed by atoms with Gasteiger partial charge < -0.3 is 23.7 Å². The van der Waals surface area contributed by atoms with E-state index in [1.807, 2.05) is 58.0 Å². The Hall–Kier alpha value is -3.10. The van der Waals surface area contributed by atoms with Gasteiger partial charge in [0.2, 0.25) is 0 Å².